The number of aryl methyl sites for hydroxylation is 1. The highest BCUT2D eigenvalue weighted by Crippen LogP contribution is 2.28. The highest BCUT2D eigenvalue weighted by Gasteiger charge is 2.17. The molecule has 0 bridgehead atoms. The van der Waals surface area contributed by atoms with Gasteiger partial charge in [-0.05, 0) is 42.7 Å². The summed E-state index contributed by atoms with van der Waals surface area (Å²) in [6.45, 7) is 3.14. The van der Waals surface area contributed by atoms with E-state index in [1.165, 1.54) is 11.1 Å². The van der Waals surface area contributed by atoms with Crippen LogP contribution in [0.3, 0.4) is 0 Å². The van der Waals surface area contributed by atoms with E-state index in [2.05, 4.69) is 17.1 Å². The van der Waals surface area contributed by atoms with Crippen molar-refractivity contribution in [1.29, 1.82) is 0 Å². The lowest BCUT2D eigenvalue weighted by atomic mass is 9.99. The largest absolute Gasteiger partial charge is 0.392 e. The van der Waals surface area contributed by atoms with Crippen LogP contribution in [0.2, 0.25) is 0 Å². The minimum atomic E-state index is -0.318. The highest BCUT2D eigenvalue weighted by atomic mass is 19.1. The Morgan fingerprint density at radius 1 is 1.32 bits per heavy atom. The summed E-state index contributed by atoms with van der Waals surface area (Å²) in [6.07, 6.45) is 4.83. The van der Waals surface area contributed by atoms with Gasteiger partial charge in [0.15, 0.2) is 5.82 Å². The summed E-state index contributed by atoms with van der Waals surface area (Å²) >= 11 is 0. The zero-order chi connectivity index (χ0) is 15.5. The van der Waals surface area contributed by atoms with Gasteiger partial charge < -0.3 is 10.0 Å². The second-order valence-electron chi connectivity index (χ2n) is 5.52. The third-order valence-corrected chi connectivity index (χ3v) is 4.05. The van der Waals surface area contributed by atoms with Crippen molar-refractivity contribution in [2.24, 2.45) is 0 Å². The van der Waals surface area contributed by atoms with E-state index < -0.39 is 0 Å². The van der Waals surface area contributed by atoms with Crippen LogP contribution in [0.5, 0.6) is 0 Å². The molecule has 0 spiro atoms. The van der Waals surface area contributed by atoms with E-state index in [-0.39, 0.29) is 12.4 Å². The number of aliphatic hydroxyl groups excluding tert-OH is 1. The van der Waals surface area contributed by atoms with Crippen LogP contribution in [0.15, 0.2) is 42.6 Å². The fourth-order valence-electron chi connectivity index (χ4n) is 2.83. The number of aliphatic hydroxyl groups is 1. The molecule has 4 heteroatoms. The van der Waals surface area contributed by atoms with E-state index in [0.29, 0.717) is 17.8 Å². The number of benzene rings is 1. The summed E-state index contributed by atoms with van der Waals surface area (Å²) < 4.78 is 14.3. The SMILES string of the molecule is Cc1cc(C2=CCN(c3cccc(CO)c3F)CC2)ccn1. The Morgan fingerprint density at radius 2 is 2.18 bits per heavy atom. The molecule has 0 amide bonds. The third-order valence-electron chi connectivity index (χ3n) is 4.05. The predicted molar refractivity (Wildman–Crippen MR) is 86.1 cm³/mol. The zero-order valence-electron chi connectivity index (χ0n) is 12.6. The van der Waals surface area contributed by atoms with Crippen LogP contribution in [0.25, 0.3) is 5.57 Å². The zero-order valence-corrected chi connectivity index (χ0v) is 12.6. The van der Waals surface area contributed by atoms with Crippen molar-refractivity contribution in [3.63, 3.8) is 0 Å². The molecule has 2 aromatic rings. The molecule has 1 aliphatic rings. The molecule has 0 unspecified atom stereocenters. The minimum Gasteiger partial charge on any atom is -0.392 e. The van der Waals surface area contributed by atoms with Gasteiger partial charge in [0.2, 0.25) is 0 Å². The van der Waals surface area contributed by atoms with Crippen molar-refractivity contribution in [2.75, 3.05) is 18.0 Å². The van der Waals surface area contributed by atoms with Crippen LogP contribution >= 0.6 is 0 Å². The van der Waals surface area contributed by atoms with E-state index in [9.17, 15) is 9.50 Å². The molecule has 1 N–H and O–H groups in total. The topological polar surface area (TPSA) is 36.4 Å². The molecule has 3 nitrogen and oxygen atoms in total. The van der Waals surface area contributed by atoms with E-state index in [0.717, 1.165) is 18.7 Å². The number of nitrogens with zero attached hydrogens (tertiary/aromatic N) is 2. The molecule has 0 saturated heterocycles. The molecule has 0 fully saturated rings. The van der Waals surface area contributed by atoms with E-state index in [4.69, 9.17) is 0 Å². The first-order valence-electron chi connectivity index (χ1n) is 7.44. The molecule has 0 aliphatic carbocycles. The minimum absolute atomic E-state index is 0.273. The van der Waals surface area contributed by atoms with Crippen molar-refractivity contribution in [2.45, 2.75) is 20.0 Å². The molecule has 0 saturated carbocycles. The van der Waals surface area contributed by atoms with Crippen molar-refractivity contribution >= 4 is 11.3 Å². The van der Waals surface area contributed by atoms with E-state index >= 15 is 0 Å². The molecule has 1 aliphatic heterocycles. The van der Waals surface area contributed by atoms with Gasteiger partial charge in [0.05, 0.1) is 12.3 Å². The first kappa shape index (κ1) is 14.7. The van der Waals surface area contributed by atoms with Crippen LogP contribution in [0, 0.1) is 12.7 Å². The molecule has 22 heavy (non-hydrogen) atoms. The van der Waals surface area contributed by atoms with Crippen molar-refractivity contribution < 1.29 is 9.50 Å². The van der Waals surface area contributed by atoms with Gasteiger partial charge in [0.1, 0.15) is 0 Å². The van der Waals surface area contributed by atoms with Gasteiger partial charge in [-0.3, -0.25) is 4.98 Å². The van der Waals surface area contributed by atoms with Gasteiger partial charge in [-0.2, -0.15) is 0 Å². The van der Waals surface area contributed by atoms with Gasteiger partial charge in [-0.15, -0.1) is 0 Å². The standard InChI is InChI=1S/C18H19FN2O/c1-13-11-15(5-8-20-13)14-6-9-21(10-7-14)17-4-2-3-16(12-22)18(17)19/h2-6,8,11,22H,7,9-10,12H2,1H3. The maximum Gasteiger partial charge on any atom is 0.151 e. The first-order chi connectivity index (χ1) is 10.7. The Labute approximate surface area is 129 Å². The van der Waals surface area contributed by atoms with Gasteiger partial charge in [0.25, 0.3) is 0 Å². The van der Waals surface area contributed by atoms with Crippen molar-refractivity contribution in [1.82, 2.24) is 4.98 Å². The molecule has 2 heterocycles. The second-order valence-corrected chi connectivity index (χ2v) is 5.52. The molecule has 3 rings (SSSR count). The number of rotatable bonds is 3. The van der Waals surface area contributed by atoms with Crippen LogP contribution in [-0.4, -0.2) is 23.2 Å². The Kier molecular flexibility index (Phi) is 4.20. The second kappa shape index (κ2) is 6.28. The molecule has 0 atom stereocenters. The molecule has 1 aromatic carbocycles. The molecule has 0 radical (unpaired) electrons. The number of hydrogen-bond donors (Lipinski definition) is 1. The Hall–Kier alpha value is -2.20. The van der Waals surface area contributed by atoms with Gasteiger partial charge >= 0.3 is 0 Å². The van der Waals surface area contributed by atoms with Crippen LogP contribution in [0.4, 0.5) is 10.1 Å². The van der Waals surface area contributed by atoms with Gasteiger partial charge in [-0.1, -0.05) is 18.2 Å². The quantitative estimate of drug-likeness (QED) is 0.944. The highest BCUT2D eigenvalue weighted by molar-refractivity contribution is 5.69. The van der Waals surface area contributed by atoms with Crippen molar-refractivity contribution in [3.8, 4) is 0 Å². The summed E-state index contributed by atoms with van der Waals surface area (Å²) in [5.41, 5.74) is 4.38. The van der Waals surface area contributed by atoms with Crippen LogP contribution in [-0.2, 0) is 6.61 Å². The third kappa shape index (κ3) is 2.88. The Balaban J connectivity index is 1.82. The van der Waals surface area contributed by atoms with Crippen LogP contribution in [0.1, 0.15) is 23.2 Å². The maximum atomic E-state index is 14.3. The molecule has 1 aromatic heterocycles. The number of aromatic nitrogens is 1. The number of halogens is 1. The molecular formula is C18H19FN2O. The predicted octanol–water partition coefficient (Wildman–Crippen LogP) is 3.32. The lowest BCUT2D eigenvalue weighted by molar-refractivity contribution is 0.276. The summed E-state index contributed by atoms with van der Waals surface area (Å²) in [6, 6.07) is 9.26. The summed E-state index contributed by atoms with van der Waals surface area (Å²) in [5.74, 6) is -0.318. The maximum absolute atomic E-state index is 14.3. The normalized spacial score (nSPS) is 14.9. The lowest BCUT2D eigenvalue weighted by Gasteiger charge is -2.29. The molecular weight excluding hydrogens is 279 g/mol. The average molecular weight is 298 g/mol. The Morgan fingerprint density at radius 3 is 2.86 bits per heavy atom. The number of anilines is 1. The summed E-state index contributed by atoms with van der Waals surface area (Å²) in [7, 11) is 0. The first-order valence-corrected chi connectivity index (χ1v) is 7.44. The van der Waals surface area contributed by atoms with E-state index in [1.807, 2.05) is 24.1 Å². The molecule has 114 valence electrons. The van der Waals surface area contributed by atoms with Gasteiger partial charge in [0, 0.05) is 30.5 Å². The summed E-state index contributed by atoms with van der Waals surface area (Å²) in [5, 5.41) is 9.18. The van der Waals surface area contributed by atoms with E-state index in [1.54, 1.807) is 18.2 Å². The smallest absolute Gasteiger partial charge is 0.151 e. The van der Waals surface area contributed by atoms with Crippen LogP contribution < -0.4 is 4.90 Å². The summed E-state index contributed by atoms with van der Waals surface area (Å²) in [4.78, 5) is 6.22. The lowest BCUT2D eigenvalue weighted by Crippen LogP contribution is -2.29. The Bertz CT molecular complexity index is 712. The fraction of sp³-hybridized carbons (Fsp3) is 0.278. The fourth-order valence-corrected chi connectivity index (χ4v) is 2.83. The van der Waals surface area contributed by atoms with Gasteiger partial charge in [-0.25, -0.2) is 4.39 Å². The van der Waals surface area contributed by atoms with Crippen molar-refractivity contribution in [3.05, 3.63) is 65.2 Å². The average Bonchev–Trinajstić information content (AvgIpc) is 2.55. The number of pyridine rings is 1. The number of hydrogen-bond acceptors (Lipinski definition) is 3. The monoisotopic (exact) mass is 298 g/mol.